The van der Waals surface area contributed by atoms with Crippen LogP contribution < -0.4 is 16.2 Å². The molecule has 1 fully saturated rings. The Kier molecular flexibility index (Phi) is 4.27. The number of benzene rings is 1. The Balaban J connectivity index is 1.82. The maximum atomic E-state index is 11.5. The number of hydrogen-bond acceptors (Lipinski definition) is 6. The van der Waals surface area contributed by atoms with Crippen LogP contribution in [0.3, 0.4) is 0 Å². The number of nitrogens with one attached hydrogen (secondary N) is 1. The molecule has 4 rings (SSSR count). The third kappa shape index (κ3) is 3.35. The van der Waals surface area contributed by atoms with E-state index in [1.807, 2.05) is 12.3 Å². The van der Waals surface area contributed by atoms with Crippen molar-refractivity contribution < 1.29 is 8.42 Å². The maximum Gasteiger partial charge on any atom is 0.229 e. The molecule has 0 aliphatic heterocycles. The lowest BCUT2D eigenvalue weighted by Crippen LogP contribution is -2.31. The summed E-state index contributed by atoms with van der Waals surface area (Å²) in [5.41, 5.74) is 15.0. The van der Waals surface area contributed by atoms with E-state index in [2.05, 4.69) is 19.3 Å². The summed E-state index contributed by atoms with van der Waals surface area (Å²) in [6.45, 7) is 0.693. The van der Waals surface area contributed by atoms with E-state index in [1.54, 1.807) is 18.2 Å². The minimum Gasteiger partial charge on any atom is -0.383 e. The molecule has 27 heavy (non-hydrogen) atoms. The number of anilines is 2. The van der Waals surface area contributed by atoms with E-state index < -0.39 is 10.0 Å². The summed E-state index contributed by atoms with van der Waals surface area (Å²) in [5, 5.41) is 0.783. The molecule has 0 amide bonds. The Morgan fingerprint density at radius 3 is 2.78 bits per heavy atom. The van der Waals surface area contributed by atoms with Gasteiger partial charge < -0.3 is 16.0 Å². The van der Waals surface area contributed by atoms with Crippen LogP contribution in [-0.2, 0) is 10.0 Å². The average molecular weight is 386 g/mol. The minimum atomic E-state index is -3.36. The first-order valence-electron chi connectivity index (χ1n) is 8.75. The van der Waals surface area contributed by atoms with Crippen molar-refractivity contribution in [1.82, 2.24) is 14.5 Å². The second kappa shape index (κ2) is 6.50. The summed E-state index contributed by atoms with van der Waals surface area (Å²) in [6, 6.07) is 7.56. The van der Waals surface area contributed by atoms with E-state index in [9.17, 15) is 8.42 Å². The number of nitrogens with two attached hydrogens (primary N) is 2. The smallest absolute Gasteiger partial charge is 0.229 e. The molecule has 8 nitrogen and oxygen atoms in total. The first-order valence-corrected chi connectivity index (χ1v) is 10.6. The summed E-state index contributed by atoms with van der Waals surface area (Å²) in [7, 11) is -3.36. The topological polar surface area (TPSA) is 129 Å². The second-order valence-corrected chi connectivity index (χ2v) is 8.84. The normalized spacial score (nSPS) is 19.8. The lowest BCUT2D eigenvalue weighted by Gasteiger charge is -2.35. The van der Waals surface area contributed by atoms with Crippen molar-refractivity contribution in [2.75, 3.05) is 23.3 Å². The zero-order valence-electron chi connectivity index (χ0n) is 15.0. The van der Waals surface area contributed by atoms with Gasteiger partial charge in [-0.1, -0.05) is 12.1 Å². The van der Waals surface area contributed by atoms with Crippen LogP contribution in [0.1, 0.15) is 18.9 Å². The van der Waals surface area contributed by atoms with Crippen LogP contribution >= 0.6 is 0 Å². The molecule has 9 heteroatoms. The van der Waals surface area contributed by atoms with Crippen molar-refractivity contribution in [2.24, 2.45) is 11.7 Å². The molecule has 0 spiro atoms. The summed E-state index contributed by atoms with van der Waals surface area (Å²) < 4.78 is 27.7. The van der Waals surface area contributed by atoms with Crippen LogP contribution in [0.15, 0.2) is 36.8 Å². The molecule has 2 aromatic heterocycles. The lowest BCUT2D eigenvalue weighted by atomic mass is 9.80. The molecular weight excluding hydrogens is 364 g/mol. The van der Waals surface area contributed by atoms with Crippen molar-refractivity contribution in [2.45, 2.75) is 18.9 Å². The number of nitrogens with zero attached hydrogens (tertiary/aromatic N) is 3. The van der Waals surface area contributed by atoms with Gasteiger partial charge in [-0.15, -0.1) is 0 Å². The third-order valence-corrected chi connectivity index (χ3v) is 5.66. The molecule has 1 aliphatic rings. The van der Waals surface area contributed by atoms with Gasteiger partial charge in [0, 0.05) is 23.5 Å². The molecule has 142 valence electrons. The van der Waals surface area contributed by atoms with E-state index in [0.717, 1.165) is 41.3 Å². The monoisotopic (exact) mass is 386 g/mol. The Morgan fingerprint density at radius 1 is 1.30 bits per heavy atom. The highest BCUT2D eigenvalue weighted by Gasteiger charge is 2.31. The van der Waals surface area contributed by atoms with Gasteiger partial charge in [0.2, 0.25) is 10.0 Å². The molecule has 0 saturated heterocycles. The van der Waals surface area contributed by atoms with Gasteiger partial charge in [0.25, 0.3) is 0 Å². The van der Waals surface area contributed by atoms with Gasteiger partial charge in [-0.25, -0.2) is 18.4 Å². The molecule has 1 aromatic carbocycles. The fourth-order valence-electron chi connectivity index (χ4n) is 3.69. The van der Waals surface area contributed by atoms with Crippen LogP contribution in [0.5, 0.6) is 0 Å². The Bertz CT molecular complexity index is 1100. The Morgan fingerprint density at radius 2 is 2.07 bits per heavy atom. The lowest BCUT2D eigenvalue weighted by molar-refractivity contribution is 0.209. The molecule has 0 radical (unpaired) electrons. The molecule has 0 unspecified atom stereocenters. The molecule has 5 N–H and O–H groups in total. The molecule has 0 bridgehead atoms. The van der Waals surface area contributed by atoms with Crippen molar-refractivity contribution in [1.29, 1.82) is 0 Å². The predicted molar refractivity (Wildman–Crippen MR) is 107 cm³/mol. The minimum absolute atomic E-state index is 0.335. The summed E-state index contributed by atoms with van der Waals surface area (Å²) in [6.07, 6.45) is 6.66. The predicted octanol–water partition coefficient (Wildman–Crippen LogP) is 1.96. The Labute approximate surface area is 157 Å². The van der Waals surface area contributed by atoms with Gasteiger partial charge in [-0.2, -0.15) is 0 Å². The first kappa shape index (κ1) is 17.7. The molecule has 3 aromatic rings. The molecular formula is C18H22N6O2S. The number of rotatable bonds is 5. The fourth-order valence-corrected chi connectivity index (χ4v) is 4.25. The quantitative estimate of drug-likeness (QED) is 0.615. The highest BCUT2D eigenvalue weighted by Crippen LogP contribution is 2.42. The van der Waals surface area contributed by atoms with Crippen molar-refractivity contribution >= 4 is 32.6 Å². The largest absolute Gasteiger partial charge is 0.383 e. The molecule has 2 heterocycles. The van der Waals surface area contributed by atoms with Gasteiger partial charge >= 0.3 is 0 Å². The molecule has 0 atom stereocenters. The van der Waals surface area contributed by atoms with Crippen molar-refractivity contribution in [3.63, 3.8) is 0 Å². The van der Waals surface area contributed by atoms with Crippen LogP contribution in [0.4, 0.5) is 11.5 Å². The van der Waals surface area contributed by atoms with E-state index in [1.165, 1.54) is 6.33 Å². The van der Waals surface area contributed by atoms with Crippen LogP contribution in [-0.4, -0.2) is 35.8 Å². The molecule has 1 saturated carbocycles. The highest BCUT2D eigenvalue weighted by molar-refractivity contribution is 7.92. The van der Waals surface area contributed by atoms with Gasteiger partial charge in [-0.3, -0.25) is 4.72 Å². The van der Waals surface area contributed by atoms with Gasteiger partial charge in [0.05, 0.1) is 11.6 Å². The van der Waals surface area contributed by atoms with Crippen molar-refractivity contribution in [3.8, 4) is 11.1 Å². The van der Waals surface area contributed by atoms with Crippen molar-refractivity contribution in [3.05, 3.63) is 36.8 Å². The molecule has 1 aliphatic carbocycles. The van der Waals surface area contributed by atoms with Gasteiger partial charge in [0.15, 0.2) is 0 Å². The van der Waals surface area contributed by atoms with Crippen LogP contribution in [0.2, 0.25) is 0 Å². The summed E-state index contributed by atoms with van der Waals surface area (Å²) >= 11 is 0. The maximum absolute atomic E-state index is 11.5. The first-order chi connectivity index (χ1) is 12.9. The average Bonchev–Trinajstić information content (AvgIpc) is 2.94. The Hall–Kier alpha value is -2.65. The fraction of sp³-hybridized carbons (Fsp3) is 0.333. The second-order valence-electron chi connectivity index (χ2n) is 7.09. The third-order valence-electron chi connectivity index (χ3n) is 5.05. The van der Waals surface area contributed by atoms with E-state index in [0.29, 0.717) is 30.0 Å². The van der Waals surface area contributed by atoms with E-state index in [-0.39, 0.29) is 0 Å². The van der Waals surface area contributed by atoms with Gasteiger partial charge in [0.1, 0.15) is 17.8 Å². The SMILES string of the molecule is CS(=O)(=O)Nc1cccc(-c2cn(C3CC(CN)C3)c3ncnc(N)c23)c1. The number of hydrogen-bond donors (Lipinski definition) is 3. The van der Waals surface area contributed by atoms with E-state index >= 15 is 0 Å². The number of fused-ring (bicyclic) bond motifs is 1. The summed E-state index contributed by atoms with van der Waals surface area (Å²) in [4.78, 5) is 8.60. The number of nitrogen functional groups attached to an aromatic ring is 1. The highest BCUT2D eigenvalue weighted by atomic mass is 32.2. The van der Waals surface area contributed by atoms with E-state index in [4.69, 9.17) is 11.5 Å². The number of aromatic nitrogens is 3. The van der Waals surface area contributed by atoms with Crippen LogP contribution in [0, 0.1) is 5.92 Å². The van der Waals surface area contributed by atoms with Crippen LogP contribution in [0.25, 0.3) is 22.2 Å². The zero-order valence-corrected chi connectivity index (χ0v) is 15.8. The number of sulfonamides is 1. The summed E-state index contributed by atoms with van der Waals surface area (Å²) in [5.74, 6) is 0.947. The zero-order chi connectivity index (χ0) is 19.2. The van der Waals surface area contributed by atoms with Gasteiger partial charge in [-0.05, 0) is 43.0 Å². The standard InChI is InChI=1S/C18H22N6O2S/c1-27(25,26)23-13-4-2-3-12(7-13)15-9-24(14-5-11(6-14)8-19)18-16(15)17(20)21-10-22-18/h2-4,7,9-11,14,23H,5-6,8,19H2,1H3,(H2,20,21,22).